The van der Waals surface area contributed by atoms with Crippen LogP contribution in [0, 0.1) is 0 Å². The Bertz CT molecular complexity index is 466. The van der Waals surface area contributed by atoms with Crippen LogP contribution in [0.2, 0.25) is 0 Å². The second-order valence-corrected chi connectivity index (χ2v) is 8.42. The van der Waals surface area contributed by atoms with E-state index in [2.05, 4.69) is 11.8 Å². The van der Waals surface area contributed by atoms with Crippen molar-refractivity contribution < 1.29 is 14.3 Å². The number of amides is 1. The van der Waals surface area contributed by atoms with Crippen LogP contribution in [0.3, 0.4) is 0 Å². The van der Waals surface area contributed by atoms with Gasteiger partial charge in [-0.3, -0.25) is 9.69 Å². The van der Waals surface area contributed by atoms with Gasteiger partial charge < -0.3 is 9.64 Å². The molecule has 0 aromatic heterocycles. The largest absolute Gasteiger partial charge is 0.467 e. The van der Waals surface area contributed by atoms with Crippen molar-refractivity contribution >= 4 is 11.9 Å². The van der Waals surface area contributed by atoms with E-state index in [0.29, 0.717) is 18.6 Å². The predicted octanol–water partition coefficient (Wildman–Crippen LogP) is 3.51. The van der Waals surface area contributed by atoms with Gasteiger partial charge in [-0.1, -0.05) is 38.5 Å². The van der Waals surface area contributed by atoms with Crippen molar-refractivity contribution in [2.24, 2.45) is 0 Å². The van der Waals surface area contributed by atoms with Crippen molar-refractivity contribution in [1.29, 1.82) is 0 Å². The number of carbonyl (C=O) groups is 2. The highest BCUT2D eigenvalue weighted by molar-refractivity contribution is 5.88. The van der Waals surface area contributed by atoms with Crippen LogP contribution in [-0.4, -0.2) is 59.5 Å². The van der Waals surface area contributed by atoms with E-state index in [0.717, 1.165) is 12.8 Å². The lowest BCUT2D eigenvalue weighted by atomic mass is 9.87. The van der Waals surface area contributed by atoms with E-state index in [1.165, 1.54) is 71.3 Å². The Kier molecular flexibility index (Phi) is 6.96. The van der Waals surface area contributed by atoms with Gasteiger partial charge in [0, 0.05) is 18.6 Å². The minimum atomic E-state index is -0.380. The fourth-order valence-corrected chi connectivity index (χ4v) is 5.47. The molecular weight excluding hydrogens is 328 g/mol. The van der Waals surface area contributed by atoms with E-state index in [-0.39, 0.29) is 24.0 Å². The Morgan fingerprint density at radius 1 is 0.885 bits per heavy atom. The SMILES string of the molecule is COC(=O)[C@@H]1CCCN1C(=O)[C@@H](C)N(C1CCCCC1)C1CCCCC1. The van der Waals surface area contributed by atoms with E-state index in [1.807, 2.05) is 0 Å². The van der Waals surface area contributed by atoms with Crippen molar-refractivity contribution in [2.45, 2.75) is 108 Å². The summed E-state index contributed by atoms with van der Waals surface area (Å²) in [5.41, 5.74) is 0. The van der Waals surface area contributed by atoms with Crippen LogP contribution in [0.15, 0.2) is 0 Å². The molecule has 3 rings (SSSR count). The molecule has 2 atom stereocenters. The summed E-state index contributed by atoms with van der Waals surface area (Å²) in [6.45, 7) is 2.77. The van der Waals surface area contributed by atoms with Crippen molar-refractivity contribution in [1.82, 2.24) is 9.80 Å². The van der Waals surface area contributed by atoms with Crippen molar-refractivity contribution in [3.8, 4) is 0 Å². The lowest BCUT2D eigenvalue weighted by molar-refractivity contribution is -0.153. The van der Waals surface area contributed by atoms with E-state index in [4.69, 9.17) is 4.74 Å². The molecule has 3 aliphatic rings. The molecule has 0 N–H and O–H groups in total. The molecule has 1 heterocycles. The van der Waals surface area contributed by atoms with Gasteiger partial charge in [0.2, 0.25) is 5.91 Å². The fraction of sp³-hybridized carbons (Fsp3) is 0.905. The normalized spacial score (nSPS) is 26.9. The number of likely N-dealkylation sites (tertiary alicyclic amines) is 1. The monoisotopic (exact) mass is 364 g/mol. The fourth-order valence-electron chi connectivity index (χ4n) is 5.47. The number of ether oxygens (including phenoxy) is 1. The van der Waals surface area contributed by atoms with E-state index < -0.39 is 0 Å². The average Bonchev–Trinajstić information content (AvgIpc) is 3.18. The van der Waals surface area contributed by atoms with Crippen molar-refractivity contribution in [3.05, 3.63) is 0 Å². The number of rotatable bonds is 5. The standard InChI is InChI=1S/C21H36N2O3/c1-16(20(24)22-15-9-14-19(22)21(25)26-2)23(17-10-5-3-6-11-17)18-12-7-4-8-13-18/h16-19H,3-15H2,1-2H3/t16-,19+/m1/s1. The number of esters is 1. The van der Waals surface area contributed by atoms with Crippen LogP contribution >= 0.6 is 0 Å². The van der Waals surface area contributed by atoms with Crippen molar-refractivity contribution in [2.75, 3.05) is 13.7 Å². The average molecular weight is 365 g/mol. The molecule has 0 unspecified atom stereocenters. The highest BCUT2D eigenvalue weighted by atomic mass is 16.5. The molecule has 1 saturated heterocycles. The number of methoxy groups -OCH3 is 1. The van der Waals surface area contributed by atoms with Crippen LogP contribution in [0.5, 0.6) is 0 Å². The molecule has 148 valence electrons. The zero-order chi connectivity index (χ0) is 18.5. The molecule has 2 aliphatic carbocycles. The molecule has 0 radical (unpaired) electrons. The third-order valence-corrected chi connectivity index (χ3v) is 6.81. The third-order valence-electron chi connectivity index (χ3n) is 6.81. The van der Waals surface area contributed by atoms with Crippen LogP contribution < -0.4 is 0 Å². The lowest BCUT2D eigenvalue weighted by Crippen LogP contribution is -2.57. The van der Waals surface area contributed by atoms with Gasteiger partial charge in [0.05, 0.1) is 13.2 Å². The van der Waals surface area contributed by atoms with Crippen LogP contribution in [0.25, 0.3) is 0 Å². The molecule has 5 heteroatoms. The van der Waals surface area contributed by atoms with Crippen LogP contribution in [0.1, 0.15) is 84.0 Å². The van der Waals surface area contributed by atoms with Crippen LogP contribution in [-0.2, 0) is 14.3 Å². The molecule has 3 fully saturated rings. The Hall–Kier alpha value is -1.10. The molecule has 26 heavy (non-hydrogen) atoms. The molecule has 2 saturated carbocycles. The Morgan fingerprint density at radius 2 is 1.42 bits per heavy atom. The predicted molar refractivity (Wildman–Crippen MR) is 102 cm³/mol. The van der Waals surface area contributed by atoms with Gasteiger partial charge in [-0.2, -0.15) is 0 Å². The van der Waals surface area contributed by atoms with Gasteiger partial charge in [0.15, 0.2) is 0 Å². The van der Waals surface area contributed by atoms with Gasteiger partial charge in [-0.15, -0.1) is 0 Å². The van der Waals surface area contributed by atoms with Gasteiger partial charge >= 0.3 is 5.97 Å². The molecule has 5 nitrogen and oxygen atoms in total. The number of nitrogens with zero attached hydrogens (tertiary/aromatic N) is 2. The maximum atomic E-state index is 13.4. The zero-order valence-corrected chi connectivity index (χ0v) is 16.6. The van der Waals surface area contributed by atoms with Gasteiger partial charge in [-0.05, 0) is 45.4 Å². The summed E-state index contributed by atoms with van der Waals surface area (Å²) in [5, 5.41) is 0. The Labute approximate surface area is 158 Å². The summed E-state index contributed by atoms with van der Waals surface area (Å²) in [6.07, 6.45) is 14.3. The highest BCUT2D eigenvalue weighted by Gasteiger charge is 2.41. The maximum absolute atomic E-state index is 13.4. The van der Waals surface area contributed by atoms with E-state index >= 15 is 0 Å². The molecular formula is C21H36N2O3. The summed E-state index contributed by atoms with van der Waals surface area (Å²) >= 11 is 0. The smallest absolute Gasteiger partial charge is 0.328 e. The summed E-state index contributed by atoms with van der Waals surface area (Å²) < 4.78 is 4.94. The third kappa shape index (κ3) is 4.24. The van der Waals surface area contributed by atoms with Crippen LogP contribution in [0.4, 0.5) is 0 Å². The number of carbonyl (C=O) groups excluding carboxylic acids is 2. The Morgan fingerprint density at radius 3 is 1.92 bits per heavy atom. The van der Waals surface area contributed by atoms with E-state index in [9.17, 15) is 9.59 Å². The number of hydrogen-bond donors (Lipinski definition) is 0. The van der Waals surface area contributed by atoms with Gasteiger partial charge in [-0.25, -0.2) is 4.79 Å². The van der Waals surface area contributed by atoms with E-state index in [1.54, 1.807) is 4.90 Å². The second kappa shape index (κ2) is 9.20. The molecule has 1 amide bonds. The quantitative estimate of drug-likeness (QED) is 0.701. The highest BCUT2D eigenvalue weighted by Crippen LogP contribution is 2.33. The summed E-state index contributed by atoms with van der Waals surface area (Å²) in [7, 11) is 1.42. The minimum Gasteiger partial charge on any atom is -0.467 e. The first-order valence-electron chi connectivity index (χ1n) is 10.8. The molecule has 0 spiro atoms. The molecule has 0 aromatic rings. The first-order valence-corrected chi connectivity index (χ1v) is 10.8. The topological polar surface area (TPSA) is 49.9 Å². The molecule has 0 bridgehead atoms. The Balaban J connectivity index is 1.75. The first kappa shape index (κ1) is 19.7. The van der Waals surface area contributed by atoms with Gasteiger partial charge in [0.25, 0.3) is 0 Å². The maximum Gasteiger partial charge on any atom is 0.328 e. The number of hydrogen-bond acceptors (Lipinski definition) is 4. The van der Waals surface area contributed by atoms with Crippen molar-refractivity contribution in [3.63, 3.8) is 0 Å². The van der Waals surface area contributed by atoms with Gasteiger partial charge in [0.1, 0.15) is 6.04 Å². The molecule has 1 aliphatic heterocycles. The summed E-state index contributed by atoms with van der Waals surface area (Å²) in [5.74, 6) is -0.126. The summed E-state index contributed by atoms with van der Waals surface area (Å²) in [6, 6.07) is 0.552. The second-order valence-electron chi connectivity index (χ2n) is 8.42. The minimum absolute atomic E-state index is 0.133. The zero-order valence-electron chi connectivity index (χ0n) is 16.6. The first-order chi connectivity index (χ1) is 12.6. The molecule has 0 aromatic carbocycles. The summed E-state index contributed by atoms with van der Waals surface area (Å²) in [4.78, 5) is 29.8. The lowest BCUT2D eigenvalue weighted by Gasteiger charge is -2.45.